The highest BCUT2D eigenvalue weighted by molar-refractivity contribution is 5.92. The van der Waals surface area contributed by atoms with Crippen molar-refractivity contribution >= 4 is 11.6 Å². The summed E-state index contributed by atoms with van der Waals surface area (Å²) in [7, 11) is 0. The third-order valence-corrected chi connectivity index (χ3v) is 3.73. The van der Waals surface area contributed by atoms with E-state index in [1.54, 1.807) is 12.1 Å². The van der Waals surface area contributed by atoms with Gasteiger partial charge in [0.2, 0.25) is 0 Å². The fraction of sp³-hybridized carbons (Fsp3) is 0.278. The molecule has 0 radical (unpaired) electrons. The summed E-state index contributed by atoms with van der Waals surface area (Å²) in [4.78, 5) is 4.29. The minimum atomic E-state index is 0.250. The van der Waals surface area contributed by atoms with Gasteiger partial charge in [-0.05, 0) is 47.7 Å². The van der Waals surface area contributed by atoms with Crippen molar-refractivity contribution in [2.24, 2.45) is 10.7 Å². The molecule has 4 N–H and O–H groups in total. The van der Waals surface area contributed by atoms with E-state index in [1.807, 2.05) is 24.3 Å². The number of aliphatic imine (C=N–C) groups is 1. The average Bonchev–Trinajstić information content (AvgIpc) is 2.54. The Labute approximate surface area is 131 Å². The van der Waals surface area contributed by atoms with Gasteiger partial charge in [-0.15, -0.1) is 0 Å². The fourth-order valence-electron chi connectivity index (χ4n) is 2.10. The molecule has 1 unspecified atom stereocenters. The third kappa shape index (κ3) is 4.52. The molecule has 0 spiro atoms. The largest absolute Gasteiger partial charge is 0.508 e. The van der Waals surface area contributed by atoms with Crippen LogP contribution in [0.3, 0.4) is 0 Å². The highest BCUT2D eigenvalue weighted by Gasteiger charge is 2.02. The number of aromatic hydroxyl groups is 1. The Morgan fingerprint density at radius 1 is 1.14 bits per heavy atom. The molecule has 0 aliphatic heterocycles. The zero-order chi connectivity index (χ0) is 15.9. The van der Waals surface area contributed by atoms with E-state index in [0.717, 1.165) is 17.7 Å². The topological polar surface area (TPSA) is 70.6 Å². The monoisotopic (exact) mass is 297 g/mol. The molecule has 2 aromatic carbocycles. The molecule has 0 aromatic heterocycles. The predicted molar refractivity (Wildman–Crippen MR) is 92.2 cm³/mol. The number of anilines is 1. The van der Waals surface area contributed by atoms with Crippen LogP contribution < -0.4 is 11.1 Å². The highest BCUT2D eigenvalue weighted by Crippen LogP contribution is 2.20. The Bertz CT molecular complexity index is 618. The molecule has 2 aromatic rings. The van der Waals surface area contributed by atoms with Gasteiger partial charge < -0.3 is 16.2 Å². The Morgan fingerprint density at radius 2 is 1.77 bits per heavy atom. The number of nitrogens with one attached hydrogen (secondary N) is 1. The van der Waals surface area contributed by atoms with E-state index in [9.17, 15) is 5.11 Å². The molecule has 0 aliphatic rings. The van der Waals surface area contributed by atoms with Crippen LogP contribution in [-0.2, 0) is 6.54 Å². The molecule has 0 amide bonds. The van der Waals surface area contributed by atoms with Crippen LogP contribution in [-0.4, -0.2) is 11.1 Å². The molecular formula is C18H23N3O. The molecule has 2 rings (SSSR count). The summed E-state index contributed by atoms with van der Waals surface area (Å²) in [6.45, 7) is 4.88. The van der Waals surface area contributed by atoms with Crippen LogP contribution in [0.2, 0.25) is 0 Å². The zero-order valence-electron chi connectivity index (χ0n) is 13.1. The summed E-state index contributed by atoms with van der Waals surface area (Å²) >= 11 is 0. The van der Waals surface area contributed by atoms with Gasteiger partial charge in [0.1, 0.15) is 5.75 Å². The second-order valence-electron chi connectivity index (χ2n) is 5.42. The lowest BCUT2D eigenvalue weighted by molar-refractivity contribution is 0.475. The normalized spacial score (nSPS) is 12.9. The summed E-state index contributed by atoms with van der Waals surface area (Å²) in [6.07, 6.45) is 1.13. The van der Waals surface area contributed by atoms with Gasteiger partial charge in [-0.25, -0.2) is 4.99 Å². The molecule has 116 valence electrons. The first-order valence-electron chi connectivity index (χ1n) is 7.53. The molecule has 0 saturated carbocycles. The van der Waals surface area contributed by atoms with E-state index in [-0.39, 0.29) is 5.75 Å². The number of hydrogen-bond donors (Lipinski definition) is 3. The number of benzene rings is 2. The number of rotatable bonds is 5. The Balaban J connectivity index is 1.94. The molecule has 0 aliphatic carbocycles. The fourth-order valence-corrected chi connectivity index (χ4v) is 2.10. The smallest absolute Gasteiger partial charge is 0.193 e. The third-order valence-electron chi connectivity index (χ3n) is 3.73. The summed E-state index contributed by atoms with van der Waals surface area (Å²) < 4.78 is 0. The van der Waals surface area contributed by atoms with Crippen molar-refractivity contribution < 1.29 is 5.11 Å². The molecule has 22 heavy (non-hydrogen) atoms. The number of phenols is 1. The molecule has 1 atom stereocenters. The van der Waals surface area contributed by atoms with Gasteiger partial charge in [0.05, 0.1) is 6.54 Å². The van der Waals surface area contributed by atoms with Crippen LogP contribution in [0.5, 0.6) is 5.75 Å². The van der Waals surface area contributed by atoms with E-state index in [0.29, 0.717) is 18.4 Å². The molecule has 0 fully saturated rings. The minimum Gasteiger partial charge on any atom is -0.508 e. The average molecular weight is 297 g/mol. The van der Waals surface area contributed by atoms with Crippen molar-refractivity contribution in [2.75, 3.05) is 5.32 Å². The zero-order valence-corrected chi connectivity index (χ0v) is 13.1. The van der Waals surface area contributed by atoms with Crippen molar-refractivity contribution in [2.45, 2.75) is 32.7 Å². The second-order valence-corrected chi connectivity index (χ2v) is 5.42. The summed E-state index contributed by atoms with van der Waals surface area (Å²) in [5, 5.41) is 12.3. The molecule has 0 bridgehead atoms. The number of phenolic OH excluding ortho intramolecular Hbond substituents is 1. The molecule has 4 nitrogen and oxygen atoms in total. The first-order chi connectivity index (χ1) is 10.6. The number of guanidine groups is 1. The van der Waals surface area contributed by atoms with Gasteiger partial charge in [-0.2, -0.15) is 0 Å². The molecule has 4 heteroatoms. The number of hydrogen-bond acceptors (Lipinski definition) is 2. The maximum atomic E-state index is 9.24. The van der Waals surface area contributed by atoms with Gasteiger partial charge in [-0.3, -0.25) is 0 Å². The predicted octanol–water partition coefficient (Wildman–Crippen LogP) is 3.83. The van der Waals surface area contributed by atoms with E-state index in [2.05, 4.69) is 36.3 Å². The lowest BCUT2D eigenvalue weighted by Crippen LogP contribution is -2.22. The summed E-state index contributed by atoms with van der Waals surface area (Å²) in [5.74, 6) is 1.19. The van der Waals surface area contributed by atoms with Crippen LogP contribution in [0.15, 0.2) is 53.5 Å². The SMILES string of the molecule is CCC(C)c1ccc(NC(N)=NCc2ccc(O)cc2)cc1. The minimum absolute atomic E-state index is 0.250. The van der Waals surface area contributed by atoms with Gasteiger partial charge in [0.25, 0.3) is 0 Å². The lowest BCUT2D eigenvalue weighted by atomic mass is 9.99. The summed E-state index contributed by atoms with van der Waals surface area (Å²) in [5.41, 5.74) is 9.15. The van der Waals surface area contributed by atoms with E-state index >= 15 is 0 Å². The molecule has 0 heterocycles. The van der Waals surface area contributed by atoms with Gasteiger partial charge in [-0.1, -0.05) is 38.1 Å². The van der Waals surface area contributed by atoms with Crippen molar-refractivity contribution in [1.29, 1.82) is 0 Å². The maximum Gasteiger partial charge on any atom is 0.193 e. The van der Waals surface area contributed by atoms with Crippen LogP contribution in [0, 0.1) is 0 Å². The van der Waals surface area contributed by atoms with Crippen molar-refractivity contribution in [3.63, 3.8) is 0 Å². The van der Waals surface area contributed by atoms with Crippen LogP contribution >= 0.6 is 0 Å². The van der Waals surface area contributed by atoms with Crippen LogP contribution in [0.25, 0.3) is 0 Å². The Morgan fingerprint density at radius 3 is 2.36 bits per heavy atom. The highest BCUT2D eigenvalue weighted by atomic mass is 16.3. The van der Waals surface area contributed by atoms with E-state index in [1.165, 1.54) is 5.56 Å². The van der Waals surface area contributed by atoms with Crippen LogP contribution in [0.4, 0.5) is 5.69 Å². The Hall–Kier alpha value is -2.49. The van der Waals surface area contributed by atoms with Crippen molar-refractivity contribution in [3.8, 4) is 5.75 Å². The van der Waals surface area contributed by atoms with Gasteiger partial charge in [0, 0.05) is 5.69 Å². The second kappa shape index (κ2) is 7.50. The van der Waals surface area contributed by atoms with Crippen LogP contribution in [0.1, 0.15) is 37.3 Å². The number of nitrogens with zero attached hydrogens (tertiary/aromatic N) is 1. The Kier molecular flexibility index (Phi) is 5.42. The van der Waals surface area contributed by atoms with E-state index in [4.69, 9.17) is 5.73 Å². The van der Waals surface area contributed by atoms with Crippen molar-refractivity contribution in [3.05, 3.63) is 59.7 Å². The molecular weight excluding hydrogens is 274 g/mol. The standard InChI is InChI=1S/C18H23N3O/c1-3-13(2)15-6-8-16(9-7-15)21-18(19)20-12-14-4-10-17(22)11-5-14/h4-11,13,22H,3,12H2,1-2H3,(H3,19,20,21). The van der Waals surface area contributed by atoms with Gasteiger partial charge >= 0.3 is 0 Å². The first kappa shape index (κ1) is 15.9. The first-order valence-corrected chi connectivity index (χ1v) is 7.53. The maximum absolute atomic E-state index is 9.24. The van der Waals surface area contributed by atoms with Gasteiger partial charge in [0.15, 0.2) is 5.96 Å². The number of nitrogens with two attached hydrogens (primary N) is 1. The summed E-state index contributed by atoms with van der Waals surface area (Å²) in [6, 6.07) is 15.2. The lowest BCUT2D eigenvalue weighted by Gasteiger charge is -2.10. The molecule has 0 saturated heterocycles. The van der Waals surface area contributed by atoms with Crippen molar-refractivity contribution in [1.82, 2.24) is 0 Å². The quantitative estimate of drug-likeness (QED) is 0.580. The van der Waals surface area contributed by atoms with E-state index < -0.39 is 0 Å².